The number of carboxylic acids is 1. The molecule has 6 heteroatoms. The average Bonchev–Trinajstić information content (AvgIpc) is 2.75. The minimum atomic E-state index is -3.53. The average molecular weight is 234 g/mol. The van der Waals surface area contributed by atoms with E-state index in [0.717, 1.165) is 6.07 Å². The van der Waals surface area contributed by atoms with Crippen molar-refractivity contribution < 1.29 is 27.5 Å². The smallest absolute Gasteiger partial charge is 0.320 e. The maximum Gasteiger partial charge on any atom is 0.320 e. The Morgan fingerprint density at radius 2 is 1.88 bits per heavy atom. The Kier molecular flexibility index (Phi) is 2.02. The van der Waals surface area contributed by atoms with Gasteiger partial charge in [0.25, 0.3) is 5.92 Å². The lowest BCUT2D eigenvalue weighted by molar-refractivity contribution is -0.143. The van der Waals surface area contributed by atoms with Crippen LogP contribution in [0.2, 0.25) is 0 Å². The second-order valence-electron chi connectivity index (χ2n) is 3.72. The lowest BCUT2D eigenvalue weighted by atomic mass is 9.94. The number of halogens is 4. The van der Waals surface area contributed by atoms with Crippen molar-refractivity contribution in [2.45, 2.75) is 17.8 Å². The third kappa shape index (κ3) is 1.22. The molecule has 1 atom stereocenters. The Morgan fingerprint density at radius 3 is 2.31 bits per heavy atom. The normalized spacial score (nSPS) is 26.5. The minimum absolute atomic E-state index is 0.504. The van der Waals surface area contributed by atoms with Crippen molar-refractivity contribution in [2.75, 3.05) is 0 Å². The van der Waals surface area contributed by atoms with Gasteiger partial charge in [0, 0.05) is 12.0 Å². The molecule has 1 aliphatic carbocycles. The Balaban J connectivity index is 2.59. The highest BCUT2D eigenvalue weighted by atomic mass is 19.3. The fourth-order valence-corrected chi connectivity index (χ4v) is 1.75. The zero-order valence-corrected chi connectivity index (χ0v) is 7.81. The number of rotatable bonds is 2. The summed E-state index contributed by atoms with van der Waals surface area (Å²) in [6.45, 7) is 0. The number of hydrogen-bond acceptors (Lipinski definition) is 1. The lowest BCUT2D eigenvalue weighted by Crippen LogP contribution is -2.28. The third-order valence-electron chi connectivity index (χ3n) is 2.74. The van der Waals surface area contributed by atoms with Gasteiger partial charge in [-0.15, -0.1) is 0 Å². The molecule has 2 rings (SSSR count). The molecule has 1 unspecified atom stereocenters. The molecule has 1 N–H and O–H groups in total. The van der Waals surface area contributed by atoms with Gasteiger partial charge < -0.3 is 5.11 Å². The summed E-state index contributed by atoms with van der Waals surface area (Å²) in [6.07, 6.45) is -1.00. The van der Waals surface area contributed by atoms with Crippen molar-refractivity contribution in [3.8, 4) is 0 Å². The van der Waals surface area contributed by atoms with Crippen molar-refractivity contribution in [1.29, 1.82) is 0 Å². The number of aliphatic carboxylic acids is 1. The van der Waals surface area contributed by atoms with Crippen molar-refractivity contribution in [2.24, 2.45) is 0 Å². The highest BCUT2D eigenvalue weighted by Gasteiger charge is 2.78. The van der Waals surface area contributed by atoms with E-state index in [4.69, 9.17) is 5.11 Å². The third-order valence-corrected chi connectivity index (χ3v) is 2.74. The maximum atomic E-state index is 13.2. The topological polar surface area (TPSA) is 37.3 Å². The lowest BCUT2D eigenvalue weighted by Gasteiger charge is -2.12. The standard InChI is InChI=1S/C10H6F4O2/c11-5-1-2-7(12)6(3-5)9(8(15)16)4-10(9,13)14/h1-3H,4H2,(H,15,16). The van der Waals surface area contributed by atoms with Crippen LogP contribution in [0.25, 0.3) is 0 Å². The zero-order valence-electron chi connectivity index (χ0n) is 7.81. The first kappa shape index (κ1) is 10.9. The molecular weight excluding hydrogens is 228 g/mol. The summed E-state index contributed by atoms with van der Waals surface area (Å²) in [7, 11) is 0. The molecule has 0 amide bonds. The molecule has 86 valence electrons. The Morgan fingerprint density at radius 1 is 1.31 bits per heavy atom. The van der Waals surface area contributed by atoms with Gasteiger partial charge in [0.05, 0.1) is 0 Å². The van der Waals surface area contributed by atoms with Crippen LogP contribution in [0.5, 0.6) is 0 Å². The van der Waals surface area contributed by atoms with Gasteiger partial charge in [-0.2, -0.15) is 0 Å². The molecule has 0 aliphatic heterocycles. The maximum absolute atomic E-state index is 13.2. The van der Waals surface area contributed by atoms with Gasteiger partial charge in [-0.1, -0.05) is 0 Å². The molecule has 1 aromatic carbocycles. The Bertz CT molecular complexity index is 472. The second kappa shape index (κ2) is 2.96. The Labute approximate surface area is 87.5 Å². The molecule has 1 aliphatic rings. The molecule has 0 spiro atoms. The van der Waals surface area contributed by atoms with Crippen LogP contribution in [0.15, 0.2) is 18.2 Å². The number of carboxylic acid groups (broad SMARTS) is 1. The SMILES string of the molecule is O=C(O)C1(c2cc(F)ccc2F)CC1(F)F. The van der Waals surface area contributed by atoms with Crippen molar-refractivity contribution in [3.05, 3.63) is 35.4 Å². The van der Waals surface area contributed by atoms with E-state index in [2.05, 4.69) is 0 Å². The largest absolute Gasteiger partial charge is 0.480 e. The quantitative estimate of drug-likeness (QED) is 0.797. The first-order valence-corrected chi connectivity index (χ1v) is 4.38. The van der Waals surface area contributed by atoms with E-state index in [1.165, 1.54) is 0 Å². The van der Waals surface area contributed by atoms with Crippen molar-refractivity contribution in [3.63, 3.8) is 0 Å². The zero-order chi connectivity index (χ0) is 12.1. The van der Waals surface area contributed by atoms with E-state index < -0.39 is 40.9 Å². The van der Waals surface area contributed by atoms with E-state index in [1.807, 2.05) is 0 Å². The molecule has 0 bridgehead atoms. The summed E-state index contributed by atoms with van der Waals surface area (Å²) in [5.41, 5.74) is -3.41. The van der Waals surface area contributed by atoms with Gasteiger partial charge in [0.15, 0.2) is 5.41 Å². The predicted octanol–water partition coefficient (Wildman–Crippen LogP) is 2.33. The summed E-state index contributed by atoms with van der Waals surface area (Å²) in [6, 6.07) is 1.89. The fraction of sp³-hybridized carbons (Fsp3) is 0.300. The number of benzene rings is 1. The summed E-state index contributed by atoms with van der Waals surface area (Å²) in [5.74, 6) is -7.46. The van der Waals surface area contributed by atoms with Gasteiger partial charge in [-0.25, -0.2) is 17.6 Å². The van der Waals surface area contributed by atoms with Crippen molar-refractivity contribution >= 4 is 5.97 Å². The molecular formula is C10H6F4O2. The van der Waals surface area contributed by atoms with Crippen LogP contribution < -0.4 is 0 Å². The summed E-state index contributed by atoms with van der Waals surface area (Å²) >= 11 is 0. The highest BCUT2D eigenvalue weighted by Crippen LogP contribution is 2.62. The number of hydrogen-bond donors (Lipinski definition) is 1. The van der Waals surface area contributed by atoms with Crippen LogP contribution in [0, 0.1) is 11.6 Å². The Hall–Kier alpha value is -1.59. The summed E-state index contributed by atoms with van der Waals surface area (Å²) < 4.78 is 52.1. The van der Waals surface area contributed by atoms with Gasteiger partial charge in [-0.05, 0) is 18.2 Å². The molecule has 0 saturated heterocycles. The fourth-order valence-electron chi connectivity index (χ4n) is 1.75. The molecule has 1 saturated carbocycles. The van der Waals surface area contributed by atoms with Crippen LogP contribution in [0.4, 0.5) is 17.6 Å². The van der Waals surface area contributed by atoms with Gasteiger partial charge in [0.2, 0.25) is 0 Å². The highest BCUT2D eigenvalue weighted by molar-refractivity contribution is 5.87. The minimum Gasteiger partial charge on any atom is -0.480 e. The van der Waals surface area contributed by atoms with Gasteiger partial charge in [0.1, 0.15) is 11.6 Å². The van der Waals surface area contributed by atoms with Crippen LogP contribution >= 0.6 is 0 Å². The number of alkyl halides is 2. The molecule has 1 aromatic rings. The van der Waals surface area contributed by atoms with E-state index in [1.54, 1.807) is 0 Å². The summed E-state index contributed by atoms with van der Waals surface area (Å²) in [5, 5.41) is 8.74. The van der Waals surface area contributed by atoms with Crippen LogP contribution in [0.1, 0.15) is 12.0 Å². The van der Waals surface area contributed by atoms with E-state index in [9.17, 15) is 22.4 Å². The predicted molar refractivity (Wildman–Crippen MR) is 45.2 cm³/mol. The summed E-state index contributed by atoms with van der Waals surface area (Å²) in [4.78, 5) is 10.8. The van der Waals surface area contributed by atoms with E-state index in [-0.39, 0.29) is 0 Å². The molecule has 0 aromatic heterocycles. The molecule has 0 heterocycles. The monoisotopic (exact) mass is 234 g/mol. The first-order valence-electron chi connectivity index (χ1n) is 4.38. The number of carbonyl (C=O) groups is 1. The van der Waals surface area contributed by atoms with Crippen LogP contribution in [0.3, 0.4) is 0 Å². The first-order chi connectivity index (χ1) is 7.31. The van der Waals surface area contributed by atoms with E-state index >= 15 is 0 Å². The van der Waals surface area contributed by atoms with Crippen LogP contribution in [-0.2, 0) is 10.2 Å². The van der Waals surface area contributed by atoms with E-state index in [0.29, 0.717) is 12.1 Å². The molecule has 16 heavy (non-hydrogen) atoms. The second-order valence-corrected chi connectivity index (χ2v) is 3.72. The molecule has 0 radical (unpaired) electrons. The van der Waals surface area contributed by atoms with Crippen molar-refractivity contribution in [1.82, 2.24) is 0 Å². The van der Waals surface area contributed by atoms with Gasteiger partial charge in [-0.3, -0.25) is 4.79 Å². The van der Waals surface area contributed by atoms with Crippen LogP contribution in [-0.4, -0.2) is 17.0 Å². The molecule has 1 fully saturated rings. The van der Waals surface area contributed by atoms with Gasteiger partial charge >= 0.3 is 5.97 Å². The molecule has 2 nitrogen and oxygen atoms in total.